The van der Waals surface area contributed by atoms with Crippen molar-refractivity contribution in [1.29, 1.82) is 0 Å². The fourth-order valence-corrected chi connectivity index (χ4v) is 3.60. The third kappa shape index (κ3) is 5.98. The highest BCUT2D eigenvalue weighted by Crippen LogP contribution is 2.24. The lowest BCUT2D eigenvalue weighted by Crippen LogP contribution is -2.12. The van der Waals surface area contributed by atoms with Crippen molar-refractivity contribution < 1.29 is 13.9 Å². The van der Waals surface area contributed by atoms with E-state index in [0.717, 1.165) is 17.7 Å². The van der Waals surface area contributed by atoms with Crippen LogP contribution >= 0.6 is 23.2 Å². The third-order valence-corrected chi connectivity index (χ3v) is 6.16. The molecule has 9 heteroatoms. The van der Waals surface area contributed by atoms with Crippen LogP contribution in [0.5, 0.6) is 5.75 Å². The normalized spacial score (nSPS) is 11.9. The summed E-state index contributed by atoms with van der Waals surface area (Å²) >= 11 is 12.0. The van der Waals surface area contributed by atoms with E-state index in [-0.39, 0.29) is 18.3 Å². The minimum Gasteiger partial charge on any atom is -0.486 e. The summed E-state index contributed by atoms with van der Waals surface area (Å²) < 4.78 is 13.0. The van der Waals surface area contributed by atoms with Gasteiger partial charge in [-0.05, 0) is 59.9 Å². The SMILES string of the molecule is CCC(C)c1ccc(OCc2ccc(C(=O)Nc3ncn(Cc4ccc(Cl)c(Cl)c4)n3)o2)cc1. The number of ether oxygens (including phenoxy) is 1. The minimum atomic E-state index is -0.448. The second-order valence-electron chi connectivity index (χ2n) is 7.90. The Morgan fingerprint density at radius 2 is 1.91 bits per heavy atom. The summed E-state index contributed by atoms with van der Waals surface area (Å²) in [6.07, 6.45) is 2.61. The van der Waals surface area contributed by atoms with Crippen molar-refractivity contribution in [2.75, 3.05) is 5.32 Å². The van der Waals surface area contributed by atoms with Crippen LogP contribution < -0.4 is 10.1 Å². The summed E-state index contributed by atoms with van der Waals surface area (Å²) in [6.45, 7) is 5.01. The quantitative estimate of drug-likeness (QED) is 0.282. The smallest absolute Gasteiger partial charge is 0.293 e. The largest absolute Gasteiger partial charge is 0.486 e. The van der Waals surface area contributed by atoms with E-state index in [4.69, 9.17) is 32.4 Å². The van der Waals surface area contributed by atoms with Gasteiger partial charge in [0.15, 0.2) is 5.76 Å². The van der Waals surface area contributed by atoms with Gasteiger partial charge in [-0.2, -0.15) is 0 Å². The van der Waals surface area contributed by atoms with Gasteiger partial charge in [0, 0.05) is 0 Å². The molecule has 1 unspecified atom stereocenters. The molecule has 2 heterocycles. The molecule has 0 spiro atoms. The molecule has 0 saturated heterocycles. The van der Waals surface area contributed by atoms with Crippen molar-refractivity contribution in [3.8, 4) is 5.75 Å². The Morgan fingerprint density at radius 3 is 2.65 bits per heavy atom. The van der Waals surface area contributed by atoms with E-state index in [1.807, 2.05) is 18.2 Å². The lowest BCUT2D eigenvalue weighted by atomic mass is 9.99. The van der Waals surface area contributed by atoms with Crippen molar-refractivity contribution in [2.24, 2.45) is 0 Å². The predicted molar refractivity (Wildman–Crippen MR) is 132 cm³/mol. The highest BCUT2D eigenvalue weighted by atomic mass is 35.5. The first kappa shape index (κ1) is 23.9. The molecule has 7 nitrogen and oxygen atoms in total. The van der Waals surface area contributed by atoms with Crippen LogP contribution in [-0.4, -0.2) is 20.7 Å². The number of furan rings is 1. The van der Waals surface area contributed by atoms with Gasteiger partial charge < -0.3 is 9.15 Å². The summed E-state index contributed by atoms with van der Waals surface area (Å²) in [6, 6.07) is 16.6. The molecule has 34 heavy (non-hydrogen) atoms. The Morgan fingerprint density at radius 1 is 1.12 bits per heavy atom. The van der Waals surface area contributed by atoms with Crippen molar-refractivity contribution >= 4 is 35.1 Å². The number of nitrogens with zero attached hydrogens (tertiary/aromatic N) is 3. The molecule has 176 valence electrons. The highest BCUT2D eigenvalue weighted by molar-refractivity contribution is 6.42. The van der Waals surface area contributed by atoms with E-state index in [0.29, 0.717) is 28.3 Å². The zero-order chi connectivity index (χ0) is 24.1. The van der Waals surface area contributed by atoms with E-state index < -0.39 is 5.91 Å². The fourth-order valence-electron chi connectivity index (χ4n) is 3.28. The van der Waals surface area contributed by atoms with E-state index >= 15 is 0 Å². The van der Waals surface area contributed by atoms with E-state index in [1.54, 1.807) is 28.9 Å². The predicted octanol–water partition coefficient (Wildman–Crippen LogP) is 6.57. The van der Waals surface area contributed by atoms with Crippen molar-refractivity contribution in [3.63, 3.8) is 0 Å². The summed E-state index contributed by atoms with van der Waals surface area (Å²) in [5, 5.41) is 7.85. The second-order valence-corrected chi connectivity index (χ2v) is 8.72. The Hall–Kier alpha value is -3.29. The Kier molecular flexibility index (Phi) is 7.55. The molecule has 0 aliphatic heterocycles. The standard InChI is InChI=1S/C25H24Cl2N4O3/c1-3-16(2)18-5-7-19(8-6-18)33-14-20-9-11-23(34-20)24(32)29-25-28-15-31(30-25)13-17-4-10-21(26)22(27)12-17/h4-12,15-16H,3,13-14H2,1-2H3,(H,29,30,32). The second kappa shape index (κ2) is 10.8. The van der Waals surface area contributed by atoms with Crippen LogP contribution in [0, 0.1) is 0 Å². The molecule has 4 aromatic rings. The van der Waals surface area contributed by atoms with Gasteiger partial charge in [0.25, 0.3) is 5.91 Å². The van der Waals surface area contributed by atoms with Crippen LogP contribution in [0.25, 0.3) is 0 Å². The number of nitrogens with one attached hydrogen (secondary N) is 1. The number of carbonyl (C=O) groups excluding carboxylic acids is 1. The monoisotopic (exact) mass is 498 g/mol. The van der Waals surface area contributed by atoms with Gasteiger partial charge in [-0.15, -0.1) is 5.10 Å². The maximum absolute atomic E-state index is 12.5. The van der Waals surface area contributed by atoms with Gasteiger partial charge in [-0.1, -0.05) is 55.2 Å². The van der Waals surface area contributed by atoms with Gasteiger partial charge >= 0.3 is 0 Å². The number of anilines is 1. The van der Waals surface area contributed by atoms with Gasteiger partial charge in [0.2, 0.25) is 5.95 Å². The van der Waals surface area contributed by atoms with E-state index in [1.165, 1.54) is 11.9 Å². The number of hydrogen-bond donors (Lipinski definition) is 1. The molecule has 1 N–H and O–H groups in total. The minimum absolute atomic E-state index is 0.145. The van der Waals surface area contributed by atoms with Gasteiger partial charge in [0.1, 0.15) is 24.4 Å². The average Bonchev–Trinajstić information content (AvgIpc) is 3.49. The molecule has 0 fully saturated rings. The topological polar surface area (TPSA) is 82.2 Å². The van der Waals surface area contributed by atoms with Gasteiger partial charge in [0.05, 0.1) is 16.6 Å². The third-order valence-electron chi connectivity index (χ3n) is 5.42. The molecule has 0 aliphatic rings. The number of halogens is 2. The summed E-state index contributed by atoms with van der Waals surface area (Å²) in [5.74, 6) is 1.65. The zero-order valence-electron chi connectivity index (χ0n) is 18.8. The Labute approximate surface area is 207 Å². The van der Waals surface area contributed by atoms with E-state index in [2.05, 4.69) is 41.4 Å². The van der Waals surface area contributed by atoms with Crippen LogP contribution in [0.3, 0.4) is 0 Å². The molecule has 0 bridgehead atoms. The maximum atomic E-state index is 12.5. The van der Waals surface area contributed by atoms with Crippen LogP contribution in [-0.2, 0) is 13.2 Å². The molecule has 0 saturated carbocycles. The number of hydrogen-bond acceptors (Lipinski definition) is 5. The first-order valence-corrected chi connectivity index (χ1v) is 11.6. The zero-order valence-corrected chi connectivity index (χ0v) is 20.3. The molecule has 1 amide bonds. The molecular formula is C25H24Cl2N4O3. The molecule has 1 atom stereocenters. The van der Waals surface area contributed by atoms with Crippen LogP contribution in [0.15, 0.2) is 65.3 Å². The maximum Gasteiger partial charge on any atom is 0.293 e. The molecule has 2 aromatic heterocycles. The lowest BCUT2D eigenvalue weighted by molar-refractivity contribution is 0.0991. The number of benzene rings is 2. The average molecular weight is 499 g/mol. The van der Waals surface area contributed by atoms with Crippen LogP contribution in [0.4, 0.5) is 5.95 Å². The Bertz CT molecular complexity index is 1270. The first-order chi connectivity index (χ1) is 16.4. The van der Waals surface area contributed by atoms with E-state index in [9.17, 15) is 4.79 Å². The van der Waals surface area contributed by atoms with Gasteiger partial charge in [-0.3, -0.25) is 10.1 Å². The molecule has 0 radical (unpaired) electrons. The van der Waals surface area contributed by atoms with Crippen LogP contribution in [0.1, 0.15) is 53.6 Å². The molecule has 4 rings (SSSR count). The molecule has 2 aromatic carbocycles. The van der Waals surface area contributed by atoms with Gasteiger partial charge in [-0.25, -0.2) is 9.67 Å². The summed E-state index contributed by atoms with van der Waals surface area (Å²) in [7, 11) is 0. The van der Waals surface area contributed by atoms with Crippen molar-refractivity contribution in [1.82, 2.24) is 14.8 Å². The highest BCUT2D eigenvalue weighted by Gasteiger charge is 2.14. The van der Waals surface area contributed by atoms with Crippen molar-refractivity contribution in [3.05, 3.63) is 93.6 Å². The van der Waals surface area contributed by atoms with Crippen LogP contribution in [0.2, 0.25) is 10.0 Å². The number of aromatic nitrogens is 3. The summed E-state index contributed by atoms with van der Waals surface area (Å²) in [4.78, 5) is 16.6. The number of amides is 1. The number of carbonyl (C=O) groups is 1. The Balaban J connectivity index is 1.30. The lowest BCUT2D eigenvalue weighted by Gasteiger charge is -2.10. The van der Waals surface area contributed by atoms with Crippen molar-refractivity contribution in [2.45, 2.75) is 39.3 Å². The molecular weight excluding hydrogens is 475 g/mol. The fraction of sp³-hybridized carbons (Fsp3) is 0.240. The molecule has 0 aliphatic carbocycles. The summed E-state index contributed by atoms with van der Waals surface area (Å²) in [5.41, 5.74) is 2.18. The number of rotatable bonds is 9. The first-order valence-electron chi connectivity index (χ1n) is 10.9.